The van der Waals surface area contributed by atoms with Crippen LogP contribution in [-0.4, -0.2) is 60.2 Å². The second kappa shape index (κ2) is 10.4. The van der Waals surface area contributed by atoms with Gasteiger partial charge in [0.1, 0.15) is 0 Å². The molecule has 3 amide bonds. The van der Waals surface area contributed by atoms with E-state index >= 15 is 0 Å². The zero-order chi connectivity index (χ0) is 23.2. The molecule has 8 heteroatoms. The topological polar surface area (TPSA) is 81.8 Å². The Morgan fingerprint density at radius 2 is 1.70 bits per heavy atom. The van der Waals surface area contributed by atoms with Gasteiger partial charge < -0.3 is 15.5 Å². The third-order valence-corrected chi connectivity index (χ3v) is 6.34. The molecule has 0 radical (unpaired) electrons. The van der Waals surface area contributed by atoms with Gasteiger partial charge in [-0.3, -0.25) is 19.3 Å². The molecule has 1 saturated heterocycles. The number of rotatable bonds is 6. The fourth-order valence-electron chi connectivity index (χ4n) is 3.77. The molecular weight excluding hydrogens is 436 g/mol. The Labute approximate surface area is 197 Å². The Morgan fingerprint density at radius 1 is 0.909 bits per heavy atom. The van der Waals surface area contributed by atoms with Gasteiger partial charge in [-0.15, -0.1) is 11.3 Å². The number of carbonyl (C=O) groups is 3. The summed E-state index contributed by atoms with van der Waals surface area (Å²) < 4.78 is 0. The first-order valence-electron chi connectivity index (χ1n) is 10.8. The minimum atomic E-state index is -0.280. The van der Waals surface area contributed by atoms with Crippen molar-refractivity contribution in [3.63, 3.8) is 0 Å². The normalized spacial score (nSPS) is 14.0. The molecule has 4 rings (SSSR count). The van der Waals surface area contributed by atoms with Crippen molar-refractivity contribution in [2.75, 3.05) is 43.4 Å². The van der Waals surface area contributed by atoms with E-state index in [1.807, 2.05) is 58.5 Å². The molecule has 1 aliphatic rings. The third kappa shape index (κ3) is 5.85. The van der Waals surface area contributed by atoms with Crippen LogP contribution < -0.4 is 10.6 Å². The van der Waals surface area contributed by atoms with E-state index in [1.54, 1.807) is 24.3 Å². The summed E-state index contributed by atoms with van der Waals surface area (Å²) in [6, 6.07) is 18.2. The zero-order valence-electron chi connectivity index (χ0n) is 18.4. The molecule has 0 atom stereocenters. The van der Waals surface area contributed by atoms with Crippen LogP contribution in [0.3, 0.4) is 0 Å². The van der Waals surface area contributed by atoms with Gasteiger partial charge in [-0.05, 0) is 48.2 Å². The number of anilines is 2. The van der Waals surface area contributed by atoms with Gasteiger partial charge in [0.25, 0.3) is 11.8 Å². The van der Waals surface area contributed by atoms with Gasteiger partial charge in [0, 0.05) is 31.9 Å². The molecule has 2 heterocycles. The summed E-state index contributed by atoms with van der Waals surface area (Å²) in [4.78, 5) is 42.6. The molecule has 2 aromatic carbocycles. The molecule has 1 aromatic heterocycles. The highest BCUT2D eigenvalue weighted by Crippen LogP contribution is 2.19. The van der Waals surface area contributed by atoms with E-state index in [2.05, 4.69) is 10.6 Å². The Hall–Kier alpha value is -3.49. The summed E-state index contributed by atoms with van der Waals surface area (Å²) >= 11 is 1.44. The zero-order valence-corrected chi connectivity index (χ0v) is 19.2. The maximum atomic E-state index is 12.8. The monoisotopic (exact) mass is 462 g/mol. The highest BCUT2D eigenvalue weighted by atomic mass is 32.1. The van der Waals surface area contributed by atoms with Gasteiger partial charge in [0.05, 0.1) is 22.7 Å². The van der Waals surface area contributed by atoms with E-state index in [0.29, 0.717) is 43.1 Å². The van der Waals surface area contributed by atoms with Crippen LogP contribution in [-0.2, 0) is 4.79 Å². The van der Waals surface area contributed by atoms with Crippen LogP contribution in [0.4, 0.5) is 11.4 Å². The van der Waals surface area contributed by atoms with Gasteiger partial charge in [-0.1, -0.05) is 30.3 Å². The number of hydrogen-bond acceptors (Lipinski definition) is 5. The first-order chi connectivity index (χ1) is 16.0. The molecular formula is C25H26N4O3S. The van der Waals surface area contributed by atoms with Crippen molar-refractivity contribution in [2.24, 2.45) is 0 Å². The molecule has 7 nitrogen and oxygen atoms in total. The first-order valence-corrected chi connectivity index (χ1v) is 11.7. The fourth-order valence-corrected chi connectivity index (χ4v) is 4.46. The molecule has 0 spiro atoms. The second-order valence-electron chi connectivity index (χ2n) is 7.96. The van der Waals surface area contributed by atoms with Crippen LogP contribution >= 0.6 is 11.3 Å². The Bertz CT molecular complexity index is 1140. The average Bonchev–Trinajstić information content (AvgIpc) is 3.34. The minimum Gasteiger partial charge on any atom is -0.335 e. The third-order valence-electron chi connectivity index (χ3n) is 5.48. The SMILES string of the molecule is Cc1cccc(NC(=O)c2ccccc2NC(=O)CN2CCN(C(=O)c3cccs3)CC2)c1. The summed E-state index contributed by atoms with van der Waals surface area (Å²) in [5, 5.41) is 7.65. The predicted molar refractivity (Wildman–Crippen MR) is 131 cm³/mol. The number of para-hydroxylation sites is 1. The number of hydrogen-bond donors (Lipinski definition) is 2. The predicted octanol–water partition coefficient (Wildman–Crippen LogP) is 3.71. The second-order valence-corrected chi connectivity index (χ2v) is 8.91. The average molecular weight is 463 g/mol. The van der Waals surface area contributed by atoms with Crippen LogP contribution in [0, 0.1) is 6.92 Å². The summed E-state index contributed by atoms with van der Waals surface area (Å²) in [5.74, 6) is -0.427. The number of aryl methyl sites for hydroxylation is 1. The molecule has 2 N–H and O–H groups in total. The largest absolute Gasteiger partial charge is 0.335 e. The van der Waals surface area contributed by atoms with Gasteiger partial charge in [0.15, 0.2) is 0 Å². The van der Waals surface area contributed by atoms with Crippen molar-refractivity contribution in [1.29, 1.82) is 0 Å². The smallest absolute Gasteiger partial charge is 0.264 e. The number of benzene rings is 2. The molecule has 1 fully saturated rings. The standard InChI is InChI=1S/C25H26N4O3S/c1-18-6-4-7-19(16-18)26-24(31)20-8-2-3-9-21(20)27-23(30)17-28-11-13-29(14-12-28)25(32)22-10-5-15-33-22/h2-10,15-16H,11-14,17H2,1H3,(H,26,31)(H,27,30). The lowest BCUT2D eigenvalue weighted by Crippen LogP contribution is -2.50. The van der Waals surface area contributed by atoms with Gasteiger partial charge in [-0.2, -0.15) is 0 Å². The lowest BCUT2D eigenvalue weighted by Gasteiger charge is -2.34. The summed E-state index contributed by atoms with van der Waals surface area (Å²) in [5.41, 5.74) is 2.63. The lowest BCUT2D eigenvalue weighted by molar-refractivity contribution is -0.117. The maximum Gasteiger partial charge on any atom is 0.264 e. The van der Waals surface area contributed by atoms with Crippen molar-refractivity contribution < 1.29 is 14.4 Å². The highest BCUT2D eigenvalue weighted by Gasteiger charge is 2.24. The van der Waals surface area contributed by atoms with E-state index in [-0.39, 0.29) is 24.3 Å². The van der Waals surface area contributed by atoms with E-state index < -0.39 is 0 Å². The number of nitrogens with zero attached hydrogens (tertiary/aromatic N) is 2. The molecule has 33 heavy (non-hydrogen) atoms. The minimum absolute atomic E-state index is 0.0441. The van der Waals surface area contributed by atoms with Crippen molar-refractivity contribution in [2.45, 2.75) is 6.92 Å². The number of nitrogens with one attached hydrogen (secondary N) is 2. The fraction of sp³-hybridized carbons (Fsp3) is 0.240. The maximum absolute atomic E-state index is 12.8. The van der Waals surface area contributed by atoms with Crippen LogP contribution in [0.5, 0.6) is 0 Å². The highest BCUT2D eigenvalue weighted by molar-refractivity contribution is 7.12. The number of amides is 3. The van der Waals surface area contributed by atoms with Gasteiger partial charge >= 0.3 is 0 Å². The number of carbonyl (C=O) groups excluding carboxylic acids is 3. The van der Waals surface area contributed by atoms with Crippen LogP contribution in [0.15, 0.2) is 66.0 Å². The Morgan fingerprint density at radius 3 is 2.42 bits per heavy atom. The molecule has 0 saturated carbocycles. The molecule has 0 aliphatic carbocycles. The van der Waals surface area contributed by atoms with E-state index in [0.717, 1.165) is 10.4 Å². The van der Waals surface area contributed by atoms with Gasteiger partial charge in [0.2, 0.25) is 5.91 Å². The first kappa shape index (κ1) is 22.7. The number of thiophene rings is 1. The number of piperazine rings is 1. The van der Waals surface area contributed by atoms with Crippen LogP contribution in [0.1, 0.15) is 25.6 Å². The summed E-state index contributed by atoms with van der Waals surface area (Å²) in [6.07, 6.45) is 0. The van der Waals surface area contributed by atoms with Crippen molar-refractivity contribution >= 4 is 40.4 Å². The van der Waals surface area contributed by atoms with E-state index in [1.165, 1.54) is 11.3 Å². The van der Waals surface area contributed by atoms with Crippen LogP contribution in [0.25, 0.3) is 0 Å². The summed E-state index contributed by atoms with van der Waals surface area (Å²) in [7, 11) is 0. The Balaban J connectivity index is 1.32. The van der Waals surface area contributed by atoms with Crippen molar-refractivity contribution in [3.05, 3.63) is 82.0 Å². The lowest BCUT2D eigenvalue weighted by atomic mass is 10.1. The molecule has 0 bridgehead atoms. The molecule has 3 aromatic rings. The molecule has 170 valence electrons. The van der Waals surface area contributed by atoms with Crippen molar-refractivity contribution in [1.82, 2.24) is 9.80 Å². The van der Waals surface area contributed by atoms with E-state index in [9.17, 15) is 14.4 Å². The van der Waals surface area contributed by atoms with E-state index in [4.69, 9.17) is 0 Å². The van der Waals surface area contributed by atoms with Crippen molar-refractivity contribution in [3.8, 4) is 0 Å². The van der Waals surface area contributed by atoms with Crippen LogP contribution in [0.2, 0.25) is 0 Å². The van der Waals surface area contributed by atoms with Gasteiger partial charge in [-0.25, -0.2) is 0 Å². The molecule has 0 unspecified atom stereocenters. The Kier molecular flexibility index (Phi) is 7.16. The molecule has 1 aliphatic heterocycles. The quantitative estimate of drug-likeness (QED) is 0.585. The summed E-state index contributed by atoms with van der Waals surface area (Å²) in [6.45, 7) is 4.58.